The number of carbonyl (C=O) groups excluding carboxylic acids is 1. The monoisotopic (exact) mass is 195 g/mol. The summed E-state index contributed by atoms with van der Waals surface area (Å²) in [5.41, 5.74) is 1.12. The highest BCUT2D eigenvalue weighted by molar-refractivity contribution is 5.54. The molecule has 1 aliphatic heterocycles. The minimum absolute atomic E-state index is 0.538. The van der Waals surface area contributed by atoms with Gasteiger partial charge in [-0.15, -0.1) is 0 Å². The van der Waals surface area contributed by atoms with Crippen molar-refractivity contribution in [1.82, 2.24) is 4.90 Å². The summed E-state index contributed by atoms with van der Waals surface area (Å²) in [6.07, 6.45) is 3.95. The third-order valence-corrected chi connectivity index (χ3v) is 3.11. The number of likely N-dealkylation sites (tertiary alicyclic amines) is 1. The lowest BCUT2D eigenvalue weighted by Gasteiger charge is -2.36. The van der Waals surface area contributed by atoms with Crippen molar-refractivity contribution in [2.45, 2.75) is 39.2 Å². The molecule has 1 atom stereocenters. The first-order valence-electron chi connectivity index (χ1n) is 5.50. The Labute approximate surface area is 87.0 Å². The van der Waals surface area contributed by atoms with Crippen LogP contribution in [-0.2, 0) is 4.79 Å². The van der Waals surface area contributed by atoms with Crippen LogP contribution in [0.4, 0.5) is 0 Å². The van der Waals surface area contributed by atoms with E-state index in [1.807, 2.05) is 0 Å². The van der Waals surface area contributed by atoms with E-state index in [0.717, 1.165) is 18.4 Å². The van der Waals surface area contributed by atoms with Crippen LogP contribution < -0.4 is 0 Å². The van der Waals surface area contributed by atoms with E-state index in [4.69, 9.17) is 0 Å². The summed E-state index contributed by atoms with van der Waals surface area (Å²) in [5, 5.41) is 0. The maximum Gasteiger partial charge on any atom is 0.124 e. The van der Waals surface area contributed by atoms with Crippen LogP contribution in [0.25, 0.3) is 0 Å². The Morgan fingerprint density at radius 2 is 2.36 bits per heavy atom. The van der Waals surface area contributed by atoms with Gasteiger partial charge in [0.15, 0.2) is 0 Å². The lowest BCUT2D eigenvalue weighted by Crippen LogP contribution is -2.40. The van der Waals surface area contributed by atoms with Gasteiger partial charge in [-0.1, -0.05) is 12.2 Å². The number of hydrogen-bond acceptors (Lipinski definition) is 2. The van der Waals surface area contributed by atoms with Gasteiger partial charge in [0.05, 0.1) is 0 Å². The van der Waals surface area contributed by atoms with Crippen LogP contribution in [0.1, 0.15) is 33.1 Å². The fourth-order valence-corrected chi connectivity index (χ4v) is 2.08. The summed E-state index contributed by atoms with van der Waals surface area (Å²) < 4.78 is 0. The van der Waals surface area contributed by atoms with Crippen molar-refractivity contribution in [3.8, 4) is 0 Å². The highest BCUT2D eigenvalue weighted by Gasteiger charge is 2.22. The molecule has 0 aromatic carbocycles. The molecule has 1 aliphatic rings. The Kier molecular flexibility index (Phi) is 4.33. The predicted molar refractivity (Wildman–Crippen MR) is 59.3 cm³/mol. The summed E-state index contributed by atoms with van der Waals surface area (Å²) in [5.74, 6) is 0.538. The van der Waals surface area contributed by atoms with Gasteiger partial charge in [0, 0.05) is 19.0 Å². The molecule has 1 rings (SSSR count). The molecule has 0 amide bonds. The molecule has 80 valence electrons. The second-order valence-electron chi connectivity index (χ2n) is 4.46. The van der Waals surface area contributed by atoms with Gasteiger partial charge >= 0.3 is 0 Å². The van der Waals surface area contributed by atoms with E-state index >= 15 is 0 Å². The number of piperidine rings is 1. The third-order valence-electron chi connectivity index (χ3n) is 3.11. The zero-order chi connectivity index (χ0) is 10.6. The van der Waals surface area contributed by atoms with Gasteiger partial charge in [0.1, 0.15) is 6.29 Å². The lowest BCUT2D eigenvalue weighted by atomic mass is 9.89. The Morgan fingerprint density at radius 1 is 1.64 bits per heavy atom. The van der Waals surface area contributed by atoms with E-state index in [1.165, 1.54) is 19.4 Å². The van der Waals surface area contributed by atoms with E-state index in [2.05, 4.69) is 25.3 Å². The molecule has 0 radical (unpaired) electrons. The minimum Gasteiger partial charge on any atom is -0.303 e. The second-order valence-corrected chi connectivity index (χ2v) is 4.46. The summed E-state index contributed by atoms with van der Waals surface area (Å²) in [6.45, 7) is 10.7. The molecular weight excluding hydrogens is 174 g/mol. The molecule has 2 heteroatoms. The molecule has 14 heavy (non-hydrogen) atoms. The SMILES string of the molecule is C=C(CC=O)C1CCCN(C(C)C)C1. The van der Waals surface area contributed by atoms with Gasteiger partial charge in [0.25, 0.3) is 0 Å². The van der Waals surface area contributed by atoms with Crippen LogP contribution in [0.15, 0.2) is 12.2 Å². The van der Waals surface area contributed by atoms with Crippen molar-refractivity contribution in [2.75, 3.05) is 13.1 Å². The predicted octanol–water partition coefficient (Wildman–Crippen LogP) is 2.25. The maximum atomic E-state index is 10.4. The van der Waals surface area contributed by atoms with Crippen LogP contribution in [0.3, 0.4) is 0 Å². The molecule has 0 aromatic heterocycles. The van der Waals surface area contributed by atoms with Crippen LogP contribution in [0.2, 0.25) is 0 Å². The number of hydrogen-bond donors (Lipinski definition) is 0. The third kappa shape index (κ3) is 2.95. The van der Waals surface area contributed by atoms with Gasteiger partial charge in [-0.3, -0.25) is 0 Å². The highest BCUT2D eigenvalue weighted by Crippen LogP contribution is 2.24. The normalized spacial score (nSPS) is 23.8. The van der Waals surface area contributed by atoms with Gasteiger partial charge in [0.2, 0.25) is 0 Å². The first-order valence-corrected chi connectivity index (χ1v) is 5.50. The number of nitrogens with zero attached hydrogens (tertiary/aromatic N) is 1. The molecular formula is C12H21NO. The van der Waals surface area contributed by atoms with E-state index in [-0.39, 0.29) is 0 Å². The van der Waals surface area contributed by atoms with E-state index in [1.54, 1.807) is 0 Å². The molecule has 0 spiro atoms. The fraction of sp³-hybridized carbons (Fsp3) is 0.750. The van der Waals surface area contributed by atoms with Crippen LogP contribution in [-0.4, -0.2) is 30.3 Å². The Balaban J connectivity index is 2.47. The van der Waals surface area contributed by atoms with Gasteiger partial charge < -0.3 is 9.69 Å². The molecule has 1 heterocycles. The maximum absolute atomic E-state index is 10.4. The van der Waals surface area contributed by atoms with Crippen LogP contribution in [0.5, 0.6) is 0 Å². The Bertz CT molecular complexity index is 210. The number of carbonyl (C=O) groups is 1. The molecule has 0 aliphatic carbocycles. The van der Waals surface area contributed by atoms with Crippen molar-refractivity contribution in [3.05, 3.63) is 12.2 Å². The first-order chi connectivity index (χ1) is 6.65. The van der Waals surface area contributed by atoms with E-state index in [9.17, 15) is 4.79 Å². The van der Waals surface area contributed by atoms with Gasteiger partial charge in [-0.05, 0) is 39.2 Å². The number of rotatable bonds is 4. The summed E-state index contributed by atoms with van der Waals surface area (Å²) in [6, 6.07) is 0.613. The lowest BCUT2D eigenvalue weighted by molar-refractivity contribution is -0.107. The van der Waals surface area contributed by atoms with Crippen molar-refractivity contribution < 1.29 is 4.79 Å². The van der Waals surface area contributed by atoms with E-state index in [0.29, 0.717) is 18.4 Å². The zero-order valence-electron chi connectivity index (χ0n) is 9.33. The van der Waals surface area contributed by atoms with Crippen molar-refractivity contribution in [3.63, 3.8) is 0 Å². The molecule has 0 bridgehead atoms. The molecule has 1 saturated heterocycles. The average Bonchev–Trinajstić information content (AvgIpc) is 2.18. The zero-order valence-corrected chi connectivity index (χ0v) is 9.33. The quantitative estimate of drug-likeness (QED) is 0.506. The van der Waals surface area contributed by atoms with Crippen molar-refractivity contribution in [2.24, 2.45) is 5.92 Å². The fourth-order valence-electron chi connectivity index (χ4n) is 2.08. The highest BCUT2D eigenvalue weighted by atomic mass is 16.1. The van der Waals surface area contributed by atoms with Gasteiger partial charge in [-0.2, -0.15) is 0 Å². The average molecular weight is 195 g/mol. The molecule has 0 saturated carbocycles. The number of aldehydes is 1. The first kappa shape index (κ1) is 11.4. The van der Waals surface area contributed by atoms with Crippen LogP contribution >= 0.6 is 0 Å². The summed E-state index contributed by atoms with van der Waals surface area (Å²) in [4.78, 5) is 12.9. The Morgan fingerprint density at radius 3 is 2.93 bits per heavy atom. The summed E-state index contributed by atoms with van der Waals surface area (Å²) in [7, 11) is 0. The van der Waals surface area contributed by atoms with Gasteiger partial charge in [-0.25, -0.2) is 0 Å². The Hall–Kier alpha value is -0.630. The van der Waals surface area contributed by atoms with Crippen molar-refractivity contribution >= 4 is 6.29 Å². The topological polar surface area (TPSA) is 20.3 Å². The van der Waals surface area contributed by atoms with E-state index < -0.39 is 0 Å². The standard InChI is InChI=1S/C12H21NO/c1-10(2)13-7-4-5-12(9-13)11(3)6-8-14/h8,10,12H,3-7,9H2,1-2H3. The largest absolute Gasteiger partial charge is 0.303 e. The second kappa shape index (κ2) is 5.30. The summed E-state index contributed by atoms with van der Waals surface area (Å²) >= 11 is 0. The minimum atomic E-state index is 0.538. The molecule has 0 N–H and O–H groups in total. The molecule has 0 aromatic rings. The molecule has 1 unspecified atom stereocenters. The van der Waals surface area contributed by atoms with Crippen molar-refractivity contribution in [1.29, 1.82) is 0 Å². The smallest absolute Gasteiger partial charge is 0.124 e. The molecule has 2 nitrogen and oxygen atoms in total. The molecule has 1 fully saturated rings. The van der Waals surface area contributed by atoms with Crippen LogP contribution in [0, 0.1) is 5.92 Å².